The average Bonchev–Trinajstić information content (AvgIpc) is 3.42. The lowest BCUT2D eigenvalue weighted by molar-refractivity contribution is 0.0719. The number of nitrogens with zero attached hydrogens (tertiary/aromatic N) is 5. The topological polar surface area (TPSA) is 88.5 Å². The summed E-state index contributed by atoms with van der Waals surface area (Å²) in [7, 11) is 2.01. The summed E-state index contributed by atoms with van der Waals surface area (Å²) in [5.74, 6) is 0.516. The van der Waals surface area contributed by atoms with Crippen molar-refractivity contribution in [3.8, 4) is 0 Å². The van der Waals surface area contributed by atoms with Gasteiger partial charge in [-0.3, -0.25) is 9.69 Å². The third kappa shape index (κ3) is 3.82. The first-order valence-electron chi connectivity index (χ1n) is 9.40. The van der Waals surface area contributed by atoms with E-state index in [4.69, 9.17) is 9.15 Å². The highest BCUT2D eigenvalue weighted by molar-refractivity contribution is 5.92. The molecule has 1 aromatic carbocycles. The molecule has 0 saturated carbocycles. The minimum absolute atomic E-state index is 0.125. The summed E-state index contributed by atoms with van der Waals surface area (Å²) in [4.78, 5) is 16.9. The first-order chi connectivity index (χ1) is 13.6. The highest BCUT2D eigenvalue weighted by Crippen LogP contribution is 2.33. The van der Waals surface area contributed by atoms with Gasteiger partial charge in [-0.25, -0.2) is 4.63 Å². The second kappa shape index (κ2) is 7.93. The molecule has 1 aliphatic heterocycles. The van der Waals surface area contributed by atoms with Gasteiger partial charge in [0.15, 0.2) is 11.5 Å². The third-order valence-corrected chi connectivity index (χ3v) is 5.02. The van der Waals surface area contributed by atoms with E-state index in [0.717, 1.165) is 25.1 Å². The fraction of sp³-hybridized carbons (Fsp3) is 0.400. The number of aromatic nitrogens is 3. The maximum atomic E-state index is 13.0. The number of rotatable bonds is 6. The molecule has 1 aliphatic rings. The van der Waals surface area contributed by atoms with Gasteiger partial charge in [0.1, 0.15) is 11.4 Å². The molecule has 1 saturated heterocycles. The molecule has 0 unspecified atom stereocenters. The molecular weight excluding hydrogens is 358 g/mol. The highest BCUT2D eigenvalue weighted by atomic mass is 16.6. The lowest BCUT2D eigenvalue weighted by Gasteiger charge is -2.21. The molecule has 1 amide bonds. The fourth-order valence-corrected chi connectivity index (χ4v) is 3.69. The Balaban J connectivity index is 1.42. The van der Waals surface area contributed by atoms with Gasteiger partial charge in [-0.2, -0.15) is 0 Å². The second-order valence-electron chi connectivity index (χ2n) is 7.23. The van der Waals surface area contributed by atoms with E-state index >= 15 is 0 Å². The third-order valence-electron chi connectivity index (χ3n) is 5.02. The molecule has 8 nitrogen and oxygen atoms in total. The molecule has 1 fully saturated rings. The van der Waals surface area contributed by atoms with Crippen LogP contribution >= 0.6 is 0 Å². The Morgan fingerprint density at radius 1 is 1.21 bits per heavy atom. The Morgan fingerprint density at radius 3 is 2.79 bits per heavy atom. The zero-order valence-corrected chi connectivity index (χ0v) is 16.0. The maximum Gasteiger partial charge on any atom is 0.276 e. The van der Waals surface area contributed by atoms with E-state index < -0.39 is 0 Å². The van der Waals surface area contributed by atoms with E-state index in [9.17, 15) is 4.79 Å². The lowest BCUT2D eigenvalue weighted by atomic mass is 10.1. The Kier molecular flexibility index (Phi) is 5.21. The number of hydrogen-bond acceptors (Lipinski definition) is 7. The van der Waals surface area contributed by atoms with E-state index in [2.05, 4.69) is 32.5 Å². The van der Waals surface area contributed by atoms with Crippen LogP contribution in [0.2, 0.25) is 0 Å². The molecule has 1 atom stereocenters. The molecule has 2 aromatic heterocycles. The summed E-state index contributed by atoms with van der Waals surface area (Å²) in [5, 5.41) is 11.8. The number of carbonyl (C=O) groups is 1. The van der Waals surface area contributed by atoms with Gasteiger partial charge >= 0.3 is 0 Å². The van der Waals surface area contributed by atoms with Crippen molar-refractivity contribution in [1.29, 1.82) is 0 Å². The molecule has 146 valence electrons. The van der Waals surface area contributed by atoms with E-state index in [1.54, 1.807) is 11.0 Å². The van der Waals surface area contributed by atoms with Crippen molar-refractivity contribution in [2.75, 3.05) is 13.6 Å². The number of hydrogen-bond donors (Lipinski definition) is 0. The summed E-state index contributed by atoms with van der Waals surface area (Å²) in [6.07, 6.45) is 1.75. The summed E-state index contributed by atoms with van der Waals surface area (Å²) in [6, 6.07) is 11.8. The van der Waals surface area contributed by atoms with Crippen molar-refractivity contribution in [1.82, 2.24) is 25.3 Å². The monoisotopic (exact) mass is 381 g/mol. The van der Waals surface area contributed by atoms with E-state index in [-0.39, 0.29) is 11.9 Å². The zero-order valence-electron chi connectivity index (χ0n) is 16.0. The Labute approximate surface area is 163 Å². The molecule has 3 aromatic rings. The van der Waals surface area contributed by atoms with Crippen LogP contribution in [0.3, 0.4) is 0 Å². The van der Waals surface area contributed by atoms with Gasteiger partial charge in [0, 0.05) is 19.2 Å². The van der Waals surface area contributed by atoms with Crippen LogP contribution in [-0.2, 0) is 13.1 Å². The summed E-state index contributed by atoms with van der Waals surface area (Å²) >= 11 is 0. The van der Waals surface area contributed by atoms with Gasteiger partial charge in [0.2, 0.25) is 0 Å². The fourth-order valence-electron chi connectivity index (χ4n) is 3.69. The van der Waals surface area contributed by atoms with Crippen LogP contribution in [0.4, 0.5) is 0 Å². The van der Waals surface area contributed by atoms with Crippen molar-refractivity contribution in [2.45, 2.75) is 38.9 Å². The molecule has 0 radical (unpaired) electrons. The number of amides is 1. The van der Waals surface area contributed by atoms with Crippen LogP contribution in [0.5, 0.6) is 0 Å². The highest BCUT2D eigenvalue weighted by Gasteiger charge is 2.35. The number of carbonyl (C=O) groups excluding carboxylic acids is 1. The normalized spacial score (nSPS) is 16.8. The lowest BCUT2D eigenvalue weighted by Crippen LogP contribution is -2.31. The first kappa shape index (κ1) is 18.4. The van der Waals surface area contributed by atoms with Gasteiger partial charge in [0.25, 0.3) is 5.91 Å². The van der Waals surface area contributed by atoms with E-state index in [0.29, 0.717) is 30.2 Å². The Hall–Kier alpha value is -3.00. The maximum absolute atomic E-state index is 13.0. The SMILES string of the molecule is Cc1nonc1[C@H]1CCCN1C(=O)c1cc(CN(C)Cc2ccccc2)on1. The molecule has 28 heavy (non-hydrogen) atoms. The molecule has 4 rings (SSSR count). The van der Waals surface area contributed by atoms with Gasteiger partial charge in [-0.1, -0.05) is 45.8 Å². The van der Waals surface area contributed by atoms with Crippen LogP contribution in [-0.4, -0.2) is 44.8 Å². The molecule has 0 aliphatic carbocycles. The van der Waals surface area contributed by atoms with Gasteiger partial charge in [0.05, 0.1) is 12.6 Å². The van der Waals surface area contributed by atoms with E-state index in [1.807, 2.05) is 32.2 Å². The second-order valence-corrected chi connectivity index (χ2v) is 7.23. The van der Waals surface area contributed by atoms with Gasteiger partial charge in [-0.15, -0.1) is 0 Å². The molecule has 3 heterocycles. The van der Waals surface area contributed by atoms with Crippen molar-refractivity contribution in [3.05, 3.63) is 64.8 Å². The van der Waals surface area contributed by atoms with Gasteiger partial charge in [-0.05, 0) is 32.4 Å². The van der Waals surface area contributed by atoms with Crippen molar-refractivity contribution < 1.29 is 13.9 Å². The molecule has 8 heteroatoms. The van der Waals surface area contributed by atoms with Crippen LogP contribution in [0, 0.1) is 6.92 Å². The Bertz CT molecular complexity index is 936. The standard InChI is InChI=1S/C20H23N5O3/c1-14-19(23-28-21-14)18-9-6-10-25(18)20(26)17-11-16(27-22-17)13-24(2)12-15-7-4-3-5-8-15/h3-5,7-8,11,18H,6,9-10,12-13H2,1-2H3/t18-/m1/s1. The smallest absolute Gasteiger partial charge is 0.276 e. The number of likely N-dealkylation sites (tertiary alicyclic amines) is 1. The summed E-state index contributed by atoms with van der Waals surface area (Å²) in [6.45, 7) is 3.86. The minimum Gasteiger partial charge on any atom is -0.359 e. The number of aryl methyl sites for hydroxylation is 1. The summed E-state index contributed by atoms with van der Waals surface area (Å²) < 4.78 is 10.2. The molecule has 0 N–H and O–H groups in total. The van der Waals surface area contributed by atoms with Crippen LogP contribution < -0.4 is 0 Å². The quantitative estimate of drug-likeness (QED) is 0.648. The molecule has 0 bridgehead atoms. The Morgan fingerprint density at radius 2 is 2.04 bits per heavy atom. The van der Waals surface area contributed by atoms with Crippen molar-refractivity contribution >= 4 is 5.91 Å². The summed E-state index contributed by atoms with van der Waals surface area (Å²) in [5.41, 5.74) is 2.98. The molecular formula is C20H23N5O3. The van der Waals surface area contributed by atoms with Crippen LogP contribution in [0.15, 0.2) is 45.6 Å². The van der Waals surface area contributed by atoms with E-state index in [1.165, 1.54) is 5.56 Å². The zero-order chi connectivity index (χ0) is 19.5. The van der Waals surface area contributed by atoms with Crippen molar-refractivity contribution in [3.63, 3.8) is 0 Å². The number of benzene rings is 1. The van der Waals surface area contributed by atoms with Crippen LogP contribution in [0.25, 0.3) is 0 Å². The minimum atomic E-state index is -0.148. The predicted molar refractivity (Wildman–Crippen MR) is 100 cm³/mol. The predicted octanol–water partition coefficient (Wildman–Crippen LogP) is 2.98. The van der Waals surface area contributed by atoms with Crippen LogP contribution in [0.1, 0.15) is 52.1 Å². The largest absolute Gasteiger partial charge is 0.359 e. The van der Waals surface area contributed by atoms with Gasteiger partial charge < -0.3 is 9.42 Å². The average molecular weight is 381 g/mol. The first-order valence-corrected chi connectivity index (χ1v) is 9.40. The van der Waals surface area contributed by atoms with Crippen molar-refractivity contribution in [2.24, 2.45) is 0 Å². The molecule has 0 spiro atoms.